The van der Waals surface area contributed by atoms with Crippen molar-refractivity contribution in [3.05, 3.63) is 29.6 Å². The van der Waals surface area contributed by atoms with Gasteiger partial charge in [-0.3, -0.25) is 0 Å². The van der Waals surface area contributed by atoms with Crippen molar-refractivity contribution in [3.63, 3.8) is 0 Å². The second-order valence-corrected chi connectivity index (χ2v) is 4.36. The van der Waals surface area contributed by atoms with Crippen molar-refractivity contribution >= 4 is 0 Å². The highest BCUT2D eigenvalue weighted by Gasteiger charge is 2.24. The monoisotopic (exact) mass is 239 g/mol. The highest BCUT2D eigenvalue weighted by atomic mass is 19.1. The van der Waals surface area contributed by atoms with Crippen LogP contribution in [0.1, 0.15) is 24.4 Å². The van der Waals surface area contributed by atoms with Crippen LogP contribution in [0.25, 0.3) is 0 Å². The Morgan fingerprint density at radius 1 is 1.41 bits per heavy atom. The number of hydrogen-bond donors (Lipinski definition) is 1. The average Bonchev–Trinajstić information content (AvgIpc) is 2.39. The van der Waals surface area contributed by atoms with Crippen molar-refractivity contribution in [2.45, 2.75) is 18.9 Å². The van der Waals surface area contributed by atoms with E-state index >= 15 is 0 Å². The molecule has 0 spiro atoms. The Kier molecular flexibility index (Phi) is 3.97. The van der Waals surface area contributed by atoms with Crippen LogP contribution < -0.4 is 10.5 Å². The first-order valence-corrected chi connectivity index (χ1v) is 5.89. The molecule has 0 bridgehead atoms. The molecule has 0 amide bonds. The van der Waals surface area contributed by atoms with E-state index < -0.39 is 0 Å². The molecule has 4 heteroatoms. The van der Waals surface area contributed by atoms with Crippen molar-refractivity contribution in [3.8, 4) is 5.75 Å². The zero-order valence-electron chi connectivity index (χ0n) is 9.99. The molecule has 1 fully saturated rings. The van der Waals surface area contributed by atoms with E-state index in [4.69, 9.17) is 15.2 Å². The molecule has 1 aliphatic rings. The van der Waals surface area contributed by atoms with Crippen LogP contribution in [0.3, 0.4) is 0 Å². The van der Waals surface area contributed by atoms with Crippen molar-refractivity contribution in [1.82, 2.24) is 0 Å². The second-order valence-electron chi connectivity index (χ2n) is 4.36. The van der Waals surface area contributed by atoms with Crippen LogP contribution in [0.5, 0.6) is 5.75 Å². The summed E-state index contributed by atoms with van der Waals surface area (Å²) in [5.41, 5.74) is 6.69. The number of hydrogen-bond acceptors (Lipinski definition) is 3. The summed E-state index contributed by atoms with van der Waals surface area (Å²) >= 11 is 0. The van der Waals surface area contributed by atoms with Crippen LogP contribution in [0, 0.1) is 11.7 Å². The van der Waals surface area contributed by atoms with Gasteiger partial charge in [0.25, 0.3) is 0 Å². The molecule has 1 saturated heterocycles. The van der Waals surface area contributed by atoms with Gasteiger partial charge >= 0.3 is 0 Å². The lowest BCUT2D eigenvalue weighted by Crippen LogP contribution is -2.28. The molecule has 1 heterocycles. The van der Waals surface area contributed by atoms with Crippen LogP contribution in [0.15, 0.2) is 18.2 Å². The number of benzene rings is 1. The van der Waals surface area contributed by atoms with E-state index in [1.807, 2.05) is 0 Å². The van der Waals surface area contributed by atoms with Gasteiger partial charge in [0.15, 0.2) is 0 Å². The first-order valence-electron chi connectivity index (χ1n) is 5.89. The number of rotatable bonds is 3. The standard InChI is InChI=1S/C13H18FNO2/c1-16-10-2-3-11(12(14)8-10)13(15)9-4-6-17-7-5-9/h2-3,8-9,13H,4-7,15H2,1H3/t13-/m1/s1. The summed E-state index contributed by atoms with van der Waals surface area (Å²) in [6.07, 6.45) is 1.79. The summed E-state index contributed by atoms with van der Waals surface area (Å²) in [5, 5.41) is 0. The first kappa shape index (κ1) is 12.3. The topological polar surface area (TPSA) is 44.5 Å². The van der Waals surface area contributed by atoms with E-state index in [2.05, 4.69) is 0 Å². The van der Waals surface area contributed by atoms with E-state index in [1.54, 1.807) is 12.1 Å². The van der Waals surface area contributed by atoms with Crippen LogP contribution >= 0.6 is 0 Å². The average molecular weight is 239 g/mol. The predicted molar refractivity (Wildman–Crippen MR) is 63.4 cm³/mol. The smallest absolute Gasteiger partial charge is 0.131 e. The zero-order chi connectivity index (χ0) is 12.3. The Labute approximate surface area is 101 Å². The van der Waals surface area contributed by atoms with Gasteiger partial charge < -0.3 is 15.2 Å². The number of ether oxygens (including phenoxy) is 2. The zero-order valence-corrected chi connectivity index (χ0v) is 9.99. The minimum atomic E-state index is -0.289. The Bertz CT molecular complexity index is 378. The van der Waals surface area contributed by atoms with Crippen molar-refractivity contribution in [1.29, 1.82) is 0 Å². The fourth-order valence-electron chi connectivity index (χ4n) is 2.23. The quantitative estimate of drug-likeness (QED) is 0.880. The third kappa shape index (κ3) is 2.76. The molecule has 0 aromatic heterocycles. The maximum absolute atomic E-state index is 13.9. The summed E-state index contributed by atoms with van der Waals surface area (Å²) in [5.74, 6) is 0.528. The minimum Gasteiger partial charge on any atom is -0.497 e. The van der Waals surface area contributed by atoms with Crippen molar-refractivity contribution < 1.29 is 13.9 Å². The highest BCUT2D eigenvalue weighted by molar-refractivity contribution is 5.31. The summed E-state index contributed by atoms with van der Waals surface area (Å²) in [6.45, 7) is 1.44. The van der Waals surface area contributed by atoms with E-state index in [9.17, 15) is 4.39 Å². The number of halogens is 1. The molecule has 17 heavy (non-hydrogen) atoms. The van der Waals surface area contributed by atoms with Gasteiger partial charge in [-0.05, 0) is 24.8 Å². The maximum atomic E-state index is 13.9. The van der Waals surface area contributed by atoms with E-state index in [1.165, 1.54) is 13.2 Å². The predicted octanol–water partition coefficient (Wildman–Crippen LogP) is 2.26. The maximum Gasteiger partial charge on any atom is 0.131 e. The molecule has 0 aliphatic carbocycles. The summed E-state index contributed by atoms with van der Waals surface area (Å²) < 4.78 is 24.1. The Morgan fingerprint density at radius 3 is 2.71 bits per heavy atom. The largest absolute Gasteiger partial charge is 0.497 e. The minimum absolute atomic E-state index is 0.259. The summed E-state index contributed by atoms with van der Waals surface area (Å²) in [7, 11) is 1.52. The van der Waals surface area contributed by atoms with Crippen LogP contribution in [0.4, 0.5) is 4.39 Å². The van der Waals surface area contributed by atoms with Crippen LogP contribution in [0.2, 0.25) is 0 Å². The Balaban J connectivity index is 2.15. The Morgan fingerprint density at radius 2 is 2.12 bits per heavy atom. The molecular weight excluding hydrogens is 221 g/mol. The second kappa shape index (κ2) is 5.47. The first-order chi connectivity index (χ1) is 8.22. The molecule has 0 radical (unpaired) electrons. The van der Waals surface area contributed by atoms with Gasteiger partial charge in [-0.1, -0.05) is 6.07 Å². The molecule has 0 unspecified atom stereocenters. The molecule has 1 aromatic rings. The lowest BCUT2D eigenvalue weighted by atomic mass is 9.87. The highest BCUT2D eigenvalue weighted by Crippen LogP contribution is 2.30. The number of methoxy groups -OCH3 is 1. The third-order valence-electron chi connectivity index (χ3n) is 3.34. The third-order valence-corrected chi connectivity index (χ3v) is 3.34. The van der Waals surface area contributed by atoms with Crippen molar-refractivity contribution in [2.75, 3.05) is 20.3 Å². The summed E-state index contributed by atoms with van der Waals surface area (Å²) in [4.78, 5) is 0. The fraction of sp³-hybridized carbons (Fsp3) is 0.538. The lowest BCUT2D eigenvalue weighted by Gasteiger charge is -2.28. The molecule has 2 N–H and O–H groups in total. The van der Waals surface area contributed by atoms with Crippen LogP contribution in [-0.2, 0) is 4.74 Å². The molecule has 94 valence electrons. The molecule has 1 atom stereocenters. The van der Waals surface area contributed by atoms with Gasteiger partial charge in [0.05, 0.1) is 7.11 Å². The van der Waals surface area contributed by atoms with E-state index in [0.29, 0.717) is 17.2 Å². The molecule has 1 aromatic carbocycles. The van der Waals surface area contributed by atoms with Crippen molar-refractivity contribution in [2.24, 2.45) is 11.7 Å². The van der Waals surface area contributed by atoms with E-state index in [0.717, 1.165) is 26.1 Å². The van der Waals surface area contributed by atoms with Gasteiger partial charge in [-0.25, -0.2) is 4.39 Å². The molecular formula is C13H18FNO2. The van der Waals surface area contributed by atoms with Gasteiger partial charge in [-0.2, -0.15) is 0 Å². The van der Waals surface area contributed by atoms with Crippen LogP contribution in [-0.4, -0.2) is 20.3 Å². The molecule has 1 aliphatic heterocycles. The molecule has 2 rings (SSSR count). The summed E-state index contributed by atoms with van der Waals surface area (Å²) in [6, 6.07) is 4.59. The fourth-order valence-corrected chi connectivity index (χ4v) is 2.23. The number of nitrogens with two attached hydrogens (primary N) is 1. The van der Waals surface area contributed by atoms with Gasteiger partial charge in [0, 0.05) is 30.9 Å². The Hall–Kier alpha value is -1.13. The molecule has 0 saturated carbocycles. The van der Waals surface area contributed by atoms with Gasteiger partial charge in [-0.15, -0.1) is 0 Å². The SMILES string of the molecule is COc1ccc([C@H](N)C2CCOCC2)c(F)c1. The molecule has 3 nitrogen and oxygen atoms in total. The van der Waals surface area contributed by atoms with Gasteiger partial charge in [0.2, 0.25) is 0 Å². The normalized spacial score (nSPS) is 19.0. The van der Waals surface area contributed by atoms with Gasteiger partial charge in [0.1, 0.15) is 11.6 Å². The van der Waals surface area contributed by atoms with E-state index in [-0.39, 0.29) is 11.9 Å². The lowest BCUT2D eigenvalue weighted by molar-refractivity contribution is 0.0580.